The number of carbonyl (C=O) groups excluding carboxylic acids is 2. The van der Waals surface area contributed by atoms with E-state index in [1.54, 1.807) is 24.3 Å². The van der Waals surface area contributed by atoms with Crippen LogP contribution in [0.5, 0.6) is 0 Å². The van der Waals surface area contributed by atoms with Crippen molar-refractivity contribution in [3.05, 3.63) is 101 Å². The zero-order valence-corrected chi connectivity index (χ0v) is 28.1. The van der Waals surface area contributed by atoms with Crippen molar-refractivity contribution in [2.75, 3.05) is 55.3 Å². The summed E-state index contributed by atoms with van der Waals surface area (Å²) in [5.74, 6) is -0.718. The van der Waals surface area contributed by atoms with Crippen LogP contribution in [0.2, 0.25) is 0 Å². The largest absolute Gasteiger partial charge is 0.416 e. The Balaban J connectivity index is 1.32. The number of halogens is 3. The number of hydrogen-bond acceptors (Lipinski definition) is 5. The van der Waals surface area contributed by atoms with Crippen molar-refractivity contribution in [3.63, 3.8) is 0 Å². The summed E-state index contributed by atoms with van der Waals surface area (Å²) in [4.78, 5) is 31.5. The van der Waals surface area contributed by atoms with Crippen molar-refractivity contribution in [1.29, 1.82) is 0 Å². The van der Waals surface area contributed by atoms with Gasteiger partial charge in [0.25, 0.3) is 11.8 Å². The van der Waals surface area contributed by atoms with E-state index in [9.17, 15) is 22.8 Å². The van der Waals surface area contributed by atoms with Crippen LogP contribution in [0.4, 0.5) is 30.4 Å². The standard InChI is InChI=1S/C37H42F3N7O2/c1-4-45(5-2)23-22-44(3)26-27-12-14-28(15-13-27)35(48)41-33-17-16-30(46-19-7-6-8-20-46)25-32(33)36(49)42-34-18-21-47(43-34)31-11-9-10-29(24-31)37(38,39)40/h9-18,21,23-25H,4-8,19-20,22,26H2,1-3H3,(H-,41,42,43,48,49)/p+1. The van der Waals surface area contributed by atoms with Crippen molar-refractivity contribution >= 4 is 35.2 Å². The Morgan fingerprint density at radius 1 is 0.898 bits per heavy atom. The molecule has 12 heteroatoms. The summed E-state index contributed by atoms with van der Waals surface area (Å²) in [5.41, 5.74) is 2.36. The minimum atomic E-state index is -4.50. The minimum absolute atomic E-state index is 0.151. The number of nitrogens with zero attached hydrogens (tertiary/aromatic N) is 5. The van der Waals surface area contributed by atoms with Gasteiger partial charge in [-0.15, -0.1) is 0 Å². The summed E-state index contributed by atoms with van der Waals surface area (Å²) in [6.45, 7) is 9.46. The molecule has 0 unspecified atom stereocenters. The molecule has 3 aromatic carbocycles. The molecular weight excluding hydrogens is 631 g/mol. The molecule has 1 aliphatic heterocycles. The van der Waals surface area contributed by atoms with Gasteiger partial charge in [-0.3, -0.25) is 14.5 Å². The number of aromatic nitrogens is 2. The highest BCUT2D eigenvalue weighted by atomic mass is 19.4. The van der Waals surface area contributed by atoms with Crippen LogP contribution in [0.25, 0.3) is 5.69 Å². The monoisotopic (exact) mass is 674 g/mol. The topological polar surface area (TPSA) is 85.5 Å². The van der Waals surface area contributed by atoms with Crippen molar-refractivity contribution < 1.29 is 27.3 Å². The number of carbonyl (C=O) groups is 2. The van der Waals surface area contributed by atoms with Crippen LogP contribution in [0.15, 0.2) is 79.0 Å². The fourth-order valence-electron chi connectivity index (χ4n) is 5.79. The molecule has 49 heavy (non-hydrogen) atoms. The normalized spacial score (nSPS) is 13.3. The molecule has 0 radical (unpaired) electrons. The second-order valence-corrected chi connectivity index (χ2v) is 12.2. The van der Waals surface area contributed by atoms with Crippen molar-refractivity contribution in [2.45, 2.75) is 45.8 Å². The zero-order valence-electron chi connectivity index (χ0n) is 28.1. The molecule has 1 fully saturated rings. The molecule has 2 amide bonds. The summed E-state index contributed by atoms with van der Waals surface area (Å²) in [5, 5.41) is 9.95. The highest BCUT2D eigenvalue weighted by Crippen LogP contribution is 2.31. The van der Waals surface area contributed by atoms with Gasteiger partial charge in [-0.2, -0.15) is 18.3 Å². The first-order valence-corrected chi connectivity index (χ1v) is 16.6. The van der Waals surface area contributed by atoms with E-state index in [1.807, 2.05) is 18.2 Å². The Morgan fingerprint density at radius 3 is 2.33 bits per heavy atom. The highest BCUT2D eigenvalue weighted by molar-refractivity contribution is 6.12. The molecular formula is C37H43F3N7O2+. The summed E-state index contributed by atoms with van der Waals surface area (Å²) >= 11 is 0. The second-order valence-electron chi connectivity index (χ2n) is 12.2. The van der Waals surface area contributed by atoms with E-state index < -0.39 is 17.6 Å². The Hall–Kier alpha value is -4.97. The molecule has 1 aromatic heterocycles. The van der Waals surface area contributed by atoms with E-state index in [1.165, 1.54) is 29.1 Å². The van der Waals surface area contributed by atoms with Gasteiger partial charge in [-0.25, -0.2) is 9.26 Å². The minimum Gasteiger partial charge on any atom is -0.372 e. The second kappa shape index (κ2) is 16.0. The van der Waals surface area contributed by atoms with Gasteiger partial charge >= 0.3 is 6.18 Å². The first-order valence-electron chi connectivity index (χ1n) is 16.6. The van der Waals surface area contributed by atoms with Crippen LogP contribution in [-0.2, 0) is 12.7 Å². The van der Waals surface area contributed by atoms with Gasteiger partial charge in [0.05, 0.1) is 29.0 Å². The van der Waals surface area contributed by atoms with Crippen molar-refractivity contribution in [2.24, 2.45) is 0 Å². The molecule has 0 aliphatic carbocycles. The predicted molar refractivity (Wildman–Crippen MR) is 187 cm³/mol. The lowest BCUT2D eigenvalue weighted by Gasteiger charge is -2.29. The maximum atomic E-state index is 13.7. The number of piperidine rings is 1. The van der Waals surface area contributed by atoms with E-state index in [-0.39, 0.29) is 23.0 Å². The molecule has 2 N–H and O–H groups in total. The Bertz CT molecular complexity index is 1770. The lowest BCUT2D eigenvalue weighted by Crippen LogP contribution is -2.29. The maximum Gasteiger partial charge on any atom is 0.416 e. The Morgan fingerprint density at radius 2 is 1.63 bits per heavy atom. The van der Waals surface area contributed by atoms with Crippen LogP contribution in [0.3, 0.4) is 0 Å². The molecule has 0 spiro atoms. The molecule has 9 nitrogen and oxygen atoms in total. The average molecular weight is 675 g/mol. The number of amides is 2. The number of alkyl halides is 3. The molecule has 2 heterocycles. The number of nitrogens with one attached hydrogen (secondary N) is 2. The number of hydrogen-bond donors (Lipinski definition) is 2. The van der Waals surface area contributed by atoms with Gasteiger partial charge in [0.2, 0.25) is 0 Å². The highest BCUT2D eigenvalue weighted by Gasteiger charge is 2.30. The third kappa shape index (κ3) is 9.35. The van der Waals surface area contributed by atoms with E-state index in [0.29, 0.717) is 11.3 Å². The van der Waals surface area contributed by atoms with E-state index in [0.717, 1.165) is 81.9 Å². The smallest absolute Gasteiger partial charge is 0.372 e. The van der Waals surface area contributed by atoms with Crippen molar-refractivity contribution in [1.82, 2.24) is 14.7 Å². The van der Waals surface area contributed by atoms with Gasteiger partial charge in [-0.05, 0) is 94.3 Å². The van der Waals surface area contributed by atoms with Crippen molar-refractivity contribution in [3.8, 4) is 5.69 Å². The van der Waals surface area contributed by atoms with Gasteiger partial charge in [0.1, 0.15) is 13.1 Å². The van der Waals surface area contributed by atoms with Gasteiger partial charge in [0, 0.05) is 43.1 Å². The third-order valence-electron chi connectivity index (χ3n) is 8.62. The van der Waals surface area contributed by atoms with Crippen LogP contribution in [-0.4, -0.2) is 77.1 Å². The SMILES string of the molecule is CC[N+](=CCN(C)Cc1ccc(C(=O)Nc2ccc(N3CCCCC3)cc2C(=O)Nc2ccn(-c3cccc(C(F)(F)F)c3)n2)cc1)CC. The molecule has 0 atom stereocenters. The molecule has 0 bridgehead atoms. The van der Waals surface area contributed by atoms with Gasteiger partial charge in [0.15, 0.2) is 12.0 Å². The fourth-order valence-corrected chi connectivity index (χ4v) is 5.79. The maximum absolute atomic E-state index is 13.7. The van der Waals surface area contributed by atoms with E-state index in [4.69, 9.17) is 0 Å². The summed E-state index contributed by atoms with van der Waals surface area (Å²) in [6.07, 6.45) is 2.41. The van der Waals surface area contributed by atoms with E-state index in [2.05, 4.69) is 57.2 Å². The van der Waals surface area contributed by atoms with Crippen LogP contribution in [0, 0.1) is 0 Å². The summed E-state index contributed by atoms with van der Waals surface area (Å²) in [7, 11) is 2.05. The molecule has 258 valence electrons. The zero-order chi connectivity index (χ0) is 35.0. The predicted octanol–water partition coefficient (Wildman–Crippen LogP) is 6.94. The lowest BCUT2D eigenvalue weighted by molar-refractivity contribution is -0.517. The number of rotatable bonds is 12. The van der Waals surface area contributed by atoms with Crippen LogP contribution >= 0.6 is 0 Å². The average Bonchev–Trinajstić information content (AvgIpc) is 3.57. The van der Waals surface area contributed by atoms with Gasteiger partial charge in [-0.1, -0.05) is 18.2 Å². The number of benzene rings is 3. The van der Waals surface area contributed by atoms with E-state index >= 15 is 0 Å². The third-order valence-corrected chi connectivity index (χ3v) is 8.62. The number of anilines is 3. The fraction of sp³-hybridized carbons (Fsp3) is 0.351. The Kier molecular flexibility index (Phi) is 11.5. The first kappa shape index (κ1) is 35.3. The molecule has 1 saturated heterocycles. The lowest BCUT2D eigenvalue weighted by atomic mass is 10.1. The van der Waals surface area contributed by atoms with Gasteiger partial charge < -0.3 is 15.5 Å². The molecule has 5 rings (SSSR count). The quantitative estimate of drug-likeness (QED) is 0.126. The molecule has 1 aliphatic rings. The first-order chi connectivity index (χ1) is 23.5. The molecule has 0 saturated carbocycles. The van der Waals surface area contributed by atoms with Crippen LogP contribution in [0.1, 0.15) is 65.0 Å². The Labute approximate surface area is 285 Å². The van der Waals surface area contributed by atoms with Crippen LogP contribution < -0.4 is 15.5 Å². The summed E-state index contributed by atoms with van der Waals surface area (Å²) in [6, 6.07) is 19.1. The summed E-state index contributed by atoms with van der Waals surface area (Å²) < 4.78 is 43.3. The molecule has 4 aromatic rings.